The van der Waals surface area contributed by atoms with E-state index in [4.69, 9.17) is 21.1 Å². The maximum atomic E-state index is 10.3. The minimum atomic E-state index is -2.70. The third-order valence-corrected chi connectivity index (χ3v) is 1.45. The van der Waals surface area contributed by atoms with E-state index in [1.54, 1.807) is 0 Å². The van der Waals surface area contributed by atoms with Gasteiger partial charge in [0.1, 0.15) is 0 Å². The molecule has 0 saturated heterocycles. The second kappa shape index (κ2) is 6.82. The monoisotopic (exact) mass is 317 g/mol. The standard InChI is InChI=1S/C6H11NO5.Ba.2H/c7-3-1-2-6(12,4(8)9)5(10)11;;;/h12H,1-3,7H2,(H,8,9)(H,10,11);;;/q;+2;2*-1. The van der Waals surface area contributed by atoms with Crippen LogP contribution in [0.25, 0.3) is 0 Å². The summed E-state index contributed by atoms with van der Waals surface area (Å²) in [7, 11) is 0. The Labute approximate surface area is 118 Å². The molecule has 0 aromatic rings. The van der Waals surface area contributed by atoms with Gasteiger partial charge in [-0.3, -0.25) is 0 Å². The van der Waals surface area contributed by atoms with Gasteiger partial charge in [0.05, 0.1) is 0 Å². The molecular formula is C6H13BaNO5. The minimum absolute atomic E-state index is 0. The van der Waals surface area contributed by atoms with Crippen molar-refractivity contribution in [2.24, 2.45) is 5.73 Å². The summed E-state index contributed by atoms with van der Waals surface area (Å²) in [5.74, 6) is -3.52. The molecule has 0 unspecified atom stereocenters. The number of aliphatic carboxylic acids is 2. The maximum Gasteiger partial charge on any atom is 2.00 e. The van der Waals surface area contributed by atoms with E-state index in [-0.39, 0.29) is 71.1 Å². The topological polar surface area (TPSA) is 121 Å². The van der Waals surface area contributed by atoms with Gasteiger partial charge in [0.2, 0.25) is 0 Å². The first-order valence-electron chi connectivity index (χ1n) is 3.34. The van der Waals surface area contributed by atoms with E-state index in [9.17, 15) is 9.59 Å². The fraction of sp³-hybridized carbons (Fsp3) is 0.667. The first-order valence-corrected chi connectivity index (χ1v) is 3.34. The van der Waals surface area contributed by atoms with Gasteiger partial charge in [-0.05, 0) is 19.4 Å². The largest absolute Gasteiger partial charge is 2.00 e. The maximum absolute atomic E-state index is 10.3. The van der Waals surface area contributed by atoms with Crippen LogP contribution in [0.4, 0.5) is 0 Å². The third-order valence-electron chi connectivity index (χ3n) is 1.45. The smallest absolute Gasteiger partial charge is 1.00 e. The Morgan fingerprint density at radius 1 is 1.31 bits per heavy atom. The molecule has 0 aliphatic heterocycles. The van der Waals surface area contributed by atoms with Gasteiger partial charge in [-0.1, -0.05) is 0 Å². The second-order valence-corrected chi connectivity index (χ2v) is 2.36. The third kappa shape index (κ3) is 4.45. The van der Waals surface area contributed by atoms with E-state index < -0.39 is 17.5 Å². The molecule has 0 amide bonds. The average Bonchev–Trinajstić information content (AvgIpc) is 1.99. The molecular weight excluding hydrogens is 303 g/mol. The van der Waals surface area contributed by atoms with Crippen LogP contribution in [0.1, 0.15) is 15.7 Å². The van der Waals surface area contributed by atoms with Crippen molar-refractivity contribution in [1.29, 1.82) is 0 Å². The van der Waals surface area contributed by atoms with Gasteiger partial charge in [0.25, 0.3) is 5.60 Å². The molecule has 0 rings (SSSR count). The van der Waals surface area contributed by atoms with Crippen LogP contribution in [0.3, 0.4) is 0 Å². The van der Waals surface area contributed by atoms with Gasteiger partial charge in [-0.15, -0.1) is 0 Å². The summed E-state index contributed by atoms with van der Waals surface area (Å²) in [6.45, 7) is 0.142. The molecule has 0 aromatic heterocycles. The van der Waals surface area contributed by atoms with Crippen molar-refractivity contribution in [3.8, 4) is 0 Å². The number of hydrogen-bond donors (Lipinski definition) is 4. The van der Waals surface area contributed by atoms with Crippen molar-refractivity contribution in [1.82, 2.24) is 0 Å². The summed E-state index contributed by atoms with van der Waals surface area (Å²) in [5, 5.41) is 25.8. The SMILES string of the molecule is NCCCC(O)(C(=O)O)C(=O)O.[Ba+2].[H-].[H-]. The Hall–Kier alpha value is 0.431. The number of carboxylic acids is 2. The van der Waals surface area contributed by atoms with Crippen molar-refractivity contribution < 1.29 is 27.8 Å². The molecule has 0 aliphatic rings. The first-order chi connectivity index (χ1) is 5.45. The van der Waals surface area contributed by atoms with E-state index >= 15 is 0 Å². The van der Waals surface area contributed by atoms with Gasteiger partial charge < -0.3 is 23.9 Å². The normalized spacial score (nSPS) is 10.3. The fourth-order valence-corrected chi connectivity index (χ4v) is 0.663. The zero-order valence-corrected chi connectivity index (χ0v) is 11.5. The molecule has 0 heterocycles. The van der Waals surface area contributed by atoms with Crippen LogP contribution in [0.15, 0.2) is 0 Å². The predicted octanol–water partition coefficient (Wildman–Crippen LogP) is -1.53. The number of carboxylic acid groups (broad SMARTS) is 2. The van der Waals surface area contributed by atoms with Crippen molar-refractivity contribution in [2.45, 2.75) is 18.4 Å². The zero-order chi connectivity index (χ0) is 9.78. The molecule has 0 saturated carbocycles. The first kappa shape index (κ1) is 15.9. The van der Waals surface area contributed by atoms with Crippen LogP contribution in [-0.4, -0.2) is 88.3 Å². The molecule has 0 atom stereocenters. The molecule has 0 radical (unpaired) electrons. The van der Waals surface area contributed by atoms with Crippen molar-refractivity contribution in [2.75, 3.05) is 6.54 Å². The Morgan fingerprint density at radius 3 is 1.92 bits per heavy atom. The molecule has 7 heteroatoms. The Balaban J connectivity index is -0.000000202. The molecule has 0 spiro atoms. The van der Waals surface area contributed by atoms with Gasteiger partial charge in [0.15, 0.2) is 0 Å². The van der Waals surface area contributed by atoms with Crippen molar-refractivity contribution in [3.05, 3.63) is 0 Å². The van der Waals surface area contributed by atoms with E-state index in [1.807, 2.05) is 0 Å². The van der Waals surface area contributed by atoms with E-state index in [0.717, 1.165) is 0 Å². The van der Waals surface area contributed by atoms with Crippen LogP contribution in [-0.2, 0) is 9.59 Å². The van der Waals surface area contributed by atoms with Gasteiger partial charge in [-0.25, -0.2) is 9.59 Å². The average molecular weight is 316 g/mol. The van der Waals surface area contributed by atoms with Crippen molar-refractivity contribution >= 4 is 60.8 Å². The molecule has 0 aliphatic carbocycles. The predicted molar refractivity (Wildman–Crippen MR) is 46.5 cm³/mol. The summed E-state index contributed by atoms with van der Waals surface area (Å²) in [6.07, 6.45) is -0.233. The van der Waals surface area contributed by atoms with Gasteiger partial charge >= 0.3 is 60.8 Å². The number of hydrogen-bond acceptors (Lipinski definition) is 4. The van der Waals surface area contributed by atoms with Crippen LogP contribution in [0.2, 0.25) is 0 Å². The molecule has 5 N–H and O–H groups in total. The molecule has 13 heavy (non-hydrogen) atoms. The minimum Gasteiger partial charge on any atom is -1.00 e. The Morgan fingerprint density at radius 2 is 1.69 bits per heavy atom. The van der Waals surface area contributed by atoms with Crippen LogP contribution in [0.5, 0.6) is 0 Å². The van der Waals surface area contributed by atoms with E-state index in [1.165, 1.54) is 0 Å². The van der Waals surface area contributed by atoms with E-state index in [2.05, 4.69) is 0 Å². The summed E-state index contributed by atoms with van der Waals surface area (Å²) >= 11 is 0. The number of carbonyl (C=O) groups is 2. The number of rotatable bonds is 5. The van der Waals surface area contributed by atoms with Crippen LogP contribution in [0, 0.1) is 0 Å². The Bertz CT molecular complexity index is 190. The molecule has 6 nitrogen and oxygen atoms in total. The Kier molecular flexibility index (Phi) is 8.34. The van der Waals surface area contributed by atoms with Gasteiger partial charge in [0, 0.05) is 0 Å². The fourth-order valence-electron chi connectivity index (χ4n) is 0.663. The second-order valence-electron chi connectivity index (χ2n) is 2.36. The number of aliphatic hydroxyl groups is 1. The van der Waals surface area contributed by atoms with Crippen molar-refractivity contribution in [3.63, 3.8) is 0 Å². The van der Waals surface area contributed by atoms with E-state index in [0.29, 0.717) is 0 Å². The quantitative estimate of drug-likeness (QED) is 0.361. The molecule has 0 fully saturated rings. The van der Waals surface area contributed by atoms with Crippen LogP contribution < -0.4 is 5.73 Å². The molecule has 74 valence electrons. The summed E-state index contributed by atoms with van der Waals surface area (Å²) in [5.41, 5.74) is 2.34. The summed E-state index contributed by atoms with van der Waals surface area (Å²) in [4.78, 5) is 20.6. The molecule has 0 aromatic carbocycles. The van der Waals surface area contributed by atoms with Gasteiger partial charge in [-0.2, -0.15) is 0 Å². The van der Waals surface area contributed by atoms with Crippen LogP contribution >= 0.6 is 0 Å². The summed E-state index contributed by atoms with van der Waals surface area (Å²) in [6, 6.07) is 0. The number of nitrogens with two attached hydrogens (primary N) is 1. The zero-order valence-electron chi connectivity index (χ0n) is 9.06. The molecule has 0 bridgehead atoms. The summed E-state index contributed by atoms with van der Waals surface area (Å²) < 4.78 is 0.